The van der Waals surface area contributed by atoms with Crippen LogP contribution in [0.3, 0.4) is 0 Å². The van der Waals surface area contributed by atoms with Crippen LogP contribution in [-0.4, -0.2) is 12.6 Å². The van der Waals surface area contributed by atoms with Crippen LogP contribution in [0.4, 0.5) is 5.00 Å². The monoisotopic (exact) mass is 281 g/mol. The third kappa shape index (κ3) is 2.80. The standard InChI is InChI=1S/C11H8ClN3O2S/c1-2-17-11(16)6(4-13)3-8-9(12)7(5-14)10(15)18-8/h3H,2,15H2,1H3. The van der Waals surface area contributed by atoms with E-state index in [0.29, 0.717) is 4.88 Å². The van der Waals surface area contributed by atoms with E-state index in [1.165, 1.54) is 6.08 Å². The number of nitrogens with two attached hydrogens (primary N) is 1. The number of rotatable bonds is 3. The summed E-state index contributed by atoms with van der Waals surface area (Å²) in [4.78, 5) is 11.8. The van der Waals surface area contributed by atoms with Gasteiger partial charge in [-0.25, -0.2) is 4.79 Å². The van der Waals surface area contributed by atoms with Gasteiger partial charge in [0.05, 0.1) is 16.5 Å². The second-order valence-electron chi connectivity index (χ2n) is 3.02. The molecular formula is C11H8ClN3O2S. The third-order valence-corrected chi connectivity index (χ3v) is 3.38. The predicted octanol–water partition coefficient (Wildman–Crippen LogP) is 2.33. The molecule has 0 aromatic carbocycles. The van der Waals surface area contributed by atoms with Gasteiger partial charge in [0.2, 0.25) is 0 Å². The number of nitrogen functional groups attached to an aromatic ring is 1. The first kappa shape index (κ1) is 14.0. The highest BCUT2D eigenvalue weighted by Crippen LogP contribution is 2.35. The lowest BCUT2D eigenvalue weighted by atomic mass is 10.2. The van der Waals surface area contributed by atoms with Gasteiger partial charge in [-0.2, -0.15) is 10.5 Å². The summed E-state index contributed by atoms with van der Waals surface area (Å²) in [5, 5.41) is 18.0. The Morgan fingerprint density at radius 2 is 2.28 bits per heavy atom. The van der Waals surface area contributed by atoms with Gasteiger partial charge in [-0.3, -0.25) is 0 Å². The maximum absolute atomic E-state index is 11.4. The number of nitrogens with zero attached hydrogens (tertiary/aromatic N) is 2. The summed E-state index contributed by atoms with van der Waals surface area (Å²) in [7, 11) is 0. The highest BCUT2D eigenvalue weighted by molar-refractivity contribution is 7.17. The number of nitriles is 2. The molecule has 5 nitrogen and oxygen atoms in total. The van der Waals surface area contributed by atoms with Crippen LogP contribution in [-0.2, 0) is 9.53 Å². The number of carbonyl (C=O) groups is 1. The minimum absolute atomic E-state index is 0.136. The van der Waals surface area contributed by atoms with Crippen molar-refractivity contribution in [2.75, 3.05) is 12.3 Å². The lowest BCUT2D eigenvalue weighted by Gasteiger charge is -1.98. The Morgan fingerprint density at radius 3 is 2.72 bits per heavy atom. The molecule has 0 spiro atoms. The van der Waals surface area contributed by atoms with Gasteiger partial charge in [0.25, 0.3) is 0 Å². The summed E-state index contributed by atoms with van der Waals surface area (Å²) in [6.07, 6.45) is 1.27. The van der Waals surface area contributed by atoms with E-state index in [4.69, 9.17) is 32.6 Å². The fourth-order valence-corrected chi connectivity index (χ4v) is 2.34. The summed E-state index contributed by atoms with van der Waals surface area (Å²) in [6.45, 7) is 1.80. The van der Waals surface area contributed by atoms with Crippen molar-refractivity contribution in [1.82, 2.24) is 0 Å². The van der Waals surface area contributed by atoms with Crippen molar-refractivity contribution in [2.45, 2.75) is 6.92 Å². The van der Waals surface area contributed by atoms with Crippen molar-refractivity contribution in [3.05, 3.63) is 21.0 Å². The van der Waals surface area contributed by atoms with Gasteiger partial charge in [-0.1, -0.05) is 11.6 Å². The molecule has 1 aromatic heterocycles. The number of thiophene rings is 1. The van der Waals surface area contributed by atoms with Gasteiger partial charge < -0.3 is 10.5 Å². The molecule has 0 saturated heterocycles. The van der Waals surface area contributed by atoms with Gasteiger partial charge in [-0.05, 0) is 13.0 Å². The number of ether oxygens (including phenoxy) is 1. The van der Waals surface area contributed by atoms with Gasteiger partial charge in [0.15, 0.2) is 0 Å². The fraction of sp³-hybridized carbons (Fsp3) is 0.182. The number of anilines is 1. The second kappa shape index (κ2) is 6.06. The molecule has 1 rings (SSSR count). The zero-order chi connectivity index (χ0) is 13.7. The summed E-state index contributed by atoms with van der Waals surface area (Å²) >= 11 is 6.95. The van der Waals surface area contributed by atoms with E-state index in [0.717, 1.165) is 11.3 Å². The van der Waals surface area contributed by atoms with Crippen molar-refractivity contribution in [1.29, 1.82) is 10.5 Å². The van der Waals surface area contributed by atoms with Crippen LogP contribution < -0.4 is 5.73 Å². The predicted molar refractivity (Wildman–Crippen MR) is 68.7 cm³/mol. The molecule has 0 aliphatic heterocycles. The van der Waals surface area contributed by atoms with E-state index < -0.39 is 5.97 Å². The molecule has 92 valence electrons. The molecule has 0 atom stereocenters. The average Bonchev–Trinajstić information content (AvgIpc) is 2.61. The van der Waals surface area contributed by atoms with Crippen LogP contribution in [0.15, 0.2) is 5.57 Å². The number of hydrogen-bond acceptors (Lipinski definition) is 6. The van der Waals surface area contributed by atoms with Crippen LogP contribution in [0, 0.1) is 22.7 Å². The van der Waals surface area contributed by atoms with E-state index in [-0.39, 0.29) is 27.8 Å². The second-order valence-corrected chi connectivity index (χ2v) is 4.48. The molecule has 7 heteroatoms. The van der Waals surface area contributed by atoms with Crippen molar-refractivity contribution in [3.63, 3.8) is 0 Å². The Morgan fingerprint density at radius 1 is 1.61 bits per heavy atom. The Kier molecular flexibility index (Phi) is 4.73. The normalized spacial score (nSPS) is 10.6. The van der Waals surface area contributed by atoms with Gasteiger partial charge in [-0.15, -0.1) is 11.3 Å². The van der Waals surface area contributed by atoms with Gasteiger partial charge >= 0.3 is 5.97 Å². The topological polar surface area (TPSA) is 99.9 Å². The van der Waals surface area contributed by atoms with E-state index >= 15 is 0 Å². The molecule has 0 radical (unpaired) electrons. The number of hydrogen-bond donors (Lipinski definition) is 1. The van der Waals surface area contributed by atoms with Crippen LogP contribution in [0.2, 0.25) is 5.02 Å². The molecule has 0 fully saturated rings. The molecule has 1 aromatic rings. The van der Waals surface area contributed by atoms with E-state index in [1.807, 2.05) is 6.07 Å². The van der Waals surface area contributed by atoms with E-state index in [9.17, 15) is 4.79 Å². The van der Waals surface area contributed by atoms with Gasteiger partial charge in [0, 0.05) is 0 Å². The fourth-order valence-electron chi connectivity index (χ4n) is 1.12. The quantitative estimate of drug-likeness (QED) is 0.520. The Balaban J connectivity index is 3.20. The first-order valence-corrected chi connectivity index (χ1v) is 6.01. The first-order chi connectivity index (χ1) is 8.54. The molecule has 2 N–H and O–H groups in total. The molecule has 0 saturated carbocycles. The summed E-state index contributed by atoms with van der Waals surface area (Å²) in [5.41, 5.74) is 5.54. The van der Waals surface area contributed by atoms with Crippen LogP contribution in [0.5, 0.6) is 0 Å². The molecule has 1 heterocycles. The molecule has 0 aliphatic rings. The lowest BCUT2D eigenvalue weighted by molar-refractivity contribution is -0.137. The lowest BCUT2D eigenvalue weighted by Crippen LogP contribution is -2.05. The summed E-state index contributed by atoms with van der Waals surface area (Å²) in [5.74, 6) is -0.735. The highest BCUT2D eigenvalue weighted by Gasteiger charge is 2.16. The molecular weight excluding hydrogens is 274 g/mol. The zero-order valence-electron chi connectivity index (χ0n) is 9.36. The molecule has 0 amide bonds. The zero-order valence-corrected chi connectivity index (χ0v) is 10.9. The molecule has 18 heavy (non-hydrogen) atoms. The molecule has 0 aliphatic carbocycles. The Bertz CT molecular complexity index is 593. The Hall–Kier alpha value is -2.02. The molecule has 0 unspecified atom stereocenters. The first-order valence-electron chi connectivity index (χ1n) is 4.81. The van der Waals surface area contributed by atoms with Crippen LogP contribution in [0.1, 0.15) is 17.4 Å². The largest absolute Gasteiger partial charge is 0.462 e. The highest BCUT2D eigenvalue weighted by atomic mass is 35.5. The van der Waals surface area contributed by atoms with Crippen molar-refractivity contribution in [3.8, 4) is 12.1 Å². The van der Waals surface area contributed by atoms with Gasteiger partial charge in [0.1, 0.15) is 28.3 Å². The summed E-state index contributed by atoms with van der Waals surface area (Å²) in [6, 6.07) is 3.57. The minimum atomic E-state index is -0.735. The van der Waals surface area contributed by atoms with E-state index in [2.05, 4.69) is 0 Å². The smallest absolute Gasteiger partial charge is 0.348 e. The maximum Gasteiger partial charge on any atom is 0.348 e. The van der Waals surface area contributed by atoms with Crippen molar-refractivity contribution in [2.24, 2.45) is 0 Å². The van der Waals surface area contributed by atoms with Crippen LogP contribution in [0.25, 0.3) is 6.08 Å². The van der Waals surface area contributed by atoms with Crippen molar-refractivity contribution < 1.29 is 9.53 Å². The van der Waals surface area contributed by atoms with Crippen LogP contribution >= 0.6 is 22.9 Å². The number of halogens is 1. The average molecular weight is 282 g/mol. The summed E-state index contributed by atoms with van der Waals surface area (Å²) < 4.78 is 4.71. The molecule has 0 bridgehead atoms. The SMILES string of the molecule is CCOC(=O)C(C#N)=Cc1sc(N)c(C#N)c1Cl. The third-order valence-electron chi connectivity index (χ3n) is 1.91. The van der Waals surface area contributed by atoms with E-state index in [1.54, 1.807) is 13.0 Å². The number of esters is 1. The maximum atomic E-state index is 11.4. The van der Waals surface area contributed by atoms with Crippen molar-refractivity contribution >= 4 is 40.0 Å². The Labute approximate surface area is 113 Å². The number of carbonyl (C=O) groups excluding carboxylic acids is 1. The minimum Gasteiger partial charge on any atom is -0.462 e.